The first kappa shape index (κ1) is 14.3. The summed E-state index contributed by atoms with van der Waals surface area (Å²) in [6.07, 6.45) is 3.53. The van der Waals surface area contributed by atoms with Crippen molar-refractivity contribution in [1.29, 1.82) is 0 Å². The molecule has 1 aromatic carbocycles. The molecule has 3 rings (SSSR count). The van der Waals surface area contributed by atoms with Crippen LogP contribution in [0.3, 0.4) is 0 Å². The highest BCUT2D eigenvalue weighted by atomic mass is 16.5. The van der Waals surface area contributed by atoms with Crippen molar-refractivity contribution in [2.45, 2.75) is 51.0 Å². The van der Waals surface area contributed by atoms with Crippen LogP contribution in [0.25, 0.3) is 11.4 Å². The van der Waals surface area contributed by atoms with Crippen molar-refractivity contribution in [2.24, 2.45) is 0 Å². The van der Waals surface area contributed by atoms with Gasteiger partial charge >= 0.3 is 0 Å². The van der Waals surface area contributed by atoms with E-state index in [-0.39, 0.29) is 0 Å². The van der Waals surface area contributed by atoms with Crippen molar-refractivity contribution in [3.8, 4) is 11.4 Å². The van der Waals surface area contributed by atoms with Crippen LogP contribution < -0.4 is 5.32 Å². The quantitative estimate of drug-likeness (QED) is 0.930. The van der Waals surface area contributed by atoms with Gasteiger partial charge in [0.25, 0.3) is 0 Å². The normalized spacial score (nSPS) is 22.1. The van der Waals surface area contributed by atoms with Gasteiger partial charge in [0, 0.05) is 11.6 Å². The highest BCUT2D eigenvalue weighted by Gasteiger charge is 2.31. The number of hydrogen-bond acceptors (Lipinski definition) is 4. The molecular weight excluding hydrogens is 262 g/mol. The Balaban J connectivity index is 1.81. The number of nitrogens with one attached hydrogen (secondary N) is 1. The number of likely N-dealkylation sites (N-methyl/N-ethyl adjacent to an activating group) is 1. The molecule has 2 unspecified atom stereocenters. The van der Waals surface area contributed by atoms with Gasteiger partial charge in [-0.05, 0) is 31.4 Å². The summed E-state index contributed by atoms with van der Waals surface area (Å²) in [4.78, 5) is 4.62. The minimum Gasteiger partial charge on any atom is -0.339 e. The summed E-state index contributed by atoms with van der Waals surface area (Å²) in [6.45, 7) is 4.39. The second kappa shape index (κ2) is 5.98. The van der Waals surface area contributed by atoms with E-state index in [1.807, 2.05) is 7.05 Å². The molecule has 1 aromatic heterocycles. The van der Waals surface area contributed by atoms with Crippen LogP contribution in [0.4, 0.5) is 0 Å². The number of aromatic nitrogens is 2. The van der Waals surface area contributed by atoms with Crippen molar-refractivity contribution < 1.29 is 4.52 Å². The van der Waals surface area contributed by atoms with Crippen LogP contribution in [0.15, 0.2) is 28.8 Å². The van der Waals surface area contributed by atoms with E-state index in [2.05, 4.69) is 53.6 Å². The van der Waals surface area contributed by atoms with Gasteiger partial charge in [0.1, 0.15) is 0 Å². The second-order valence-electron chi connectivity index (χ2n) is 6.17. The van der Waals surface area contributed by atoms with Crippen molar-refractivity contribution in [2.75, 3.05) is 7.05 Å². The summed E-state index contributed by atoms with van der Waals surface area (Å²) < 4.78 is 5.51. The van der Waals surface area contributed by atoms with Crippen molar-refractivity contribution in [3.05, 3.63) is 35.7 Å². The molecule has 1 aliphatic carbocycles. The van der Waals surface area contributed by atoms with Gasteiger partial charge < -0.3 is 9.84 Å². The third-order valence-corrected chi connectivity index (χ3v) is 4.48. The molecule has 0 spiro atoms. The van der Waals surface area contributed by atoms with Crippen LogP contribution in [0, 0.1) is 0 Å². The summed E-state index contributed by atoms with van der Waals surface area (Å²) in [6, 6.07) is 8.90. The second-order valence-corrected chi connectivity index (χ2v) is 6.17. The Morgan fingerprint density at radius 2 is 1.95 bits per heavy atom. The van der Waals surface area contributed by atoms with E-state index in [0.717, 1.165) is 17.9 Å². The van der Waals surface area contributed by atoms with Gasteiger partial charge in [-0.1, -0.05) is 49.7 Å². The molecule has 2 aromatic rings. The fourth-order valence-corrected chi connectivity index (χ4v) is 3.12. The zero-order chi connectivity index (χ0) is 14.8. The third kappa shape index (κ3) is 2.86. The molecule has 0 bridgehead atoms. The monoisotopic (exact) mass is 285 g/mol. The molecule has 0 radical (unpaired) electrons. The zero-order valence-electron chi connectivity index (χ0n) is 13.0. The van der Waals surface area contributed by atoms with Crippen LogP contribution in [0.5, 0.6) is 0 Å². The Kier molecular flexibility index (Phi) is 4.06. The lowest BCUT2D eigenvalue weighted by Crippen LogP contribution is -2.27. The molecule has 1 fully saturated rings. The van der Waals surface area contributed by atoms with Crippen molar-refractivity contribution in [3.63, 3.8) is 0 Å². The molecule has 112 valence electrons. The first-order valence-corrected chi connectivity index (χ1v) is 7.80. The lowest BCUT2D eigenvalue weighted by atomic mass is 10.0. The maximum atomic E-state index is 5.51. The predicted octanol–water partition coefficient (Wildman–Crippen LogP) is 3.72. The summed E-state index contributed by atoms with van der Waals surface area (Å²) >= 11 is 0. The van der Waals surface area contributed by atoms with Crippen molar-refractivity contribution in [1.82, 2.24) is 15.5 Å². The minimum atomic E-state index is 0.353. The van der Waals surface area contributed by atoms with E-state index in [9.17, 15) is 0 Å². The minimum absolute atomic E-state index is 0.353. The Hall–Kier alpha value is -1.68. The molecule has 1 aliphatic rings. The number of rotatable bonds is 4. The molecule has 1 heterocycles. The molecule has 0 amide bonds. The lowest BCUT2D eigenvalue weighted by molar-refractivity contribution is 0.335. The topological polar surface area (TPSA) is 51.0 Å². The summed E-state index contributed by atoms with van der Waals surface area (Å²) in [5.74, 6) is 2.36. The van der Waals surface area contributed by atoms with Gasteiger partial charge in [0.2, 0.25) is 11.7 Å². The molecular formula is C17H23N3O. The van der Waals surface area contributed by atoms with E-state index in [1.54, 1.807) is 0 Å². The Morgan fingerprint density at radius 1 is 1.19 bits per heavy atom. The van der Waals surface area contributed by atoms with Gasteiger partial charge in [-0.15, -0.1) is 0 Å². The third-order valence-electron chi connectivity index (χ3n) is 4.48. The highest BCUT2D eigenvalue weighted by molar-refractivity contribution is 5.54. The Bertz CT molecular complexity index is 588. The fraction of sp³-hybridized carbons (Fsp3) is 0.529. The molecule has 2 atom stereocenters. The Labute approximate surface area is 126 Å². The van der Waals surface area contributed by atoms with E-state index < -0.39 is 0 Å². The molecule has 0 saturated heterocycles. The van der Waals surface area contributed by atoms with Gasteiger partial charge in [-0.25, -0.2) is 0 Å². The van der Waals surface area contributed by atoms with Crippen LogP contribution >= 0.6 is 0 Å². The van der Waals surface area contributed by atoms with E-state index in [0.29, 0.717) is 23.7 Å². The highest BCUT2D eigenvalue weighted by Crippen LogP contribution is 2.34. The first-order valence-electron chi connectivity index (χ1n) is 7.80. The number of benzene rings is 1. The van der Waals surface area contributed by atoms with E-state index in [4.69, 9.17) is 4.52 Å². The van der Waals surface area contributed by atoms with Crippen LogP contribution in [-0.2, 0) is 0 Å². The maximum Gasteiger partial charge on any atom is 0.231 e. The molecule has 21 heavy (non-hydrogen) atoms. The van der Waals surface area contributed by atoms with Crippen molar-refractivity contribution >= 4 is 0 Å². The van der Waals surface area contributed by atoms with Crippen LogP contribution in [0.2, 0.25) is 0 Å². The molecule has 1 N–H and O–H groups in total. The SMILES string of the molecule is CNC1CCCC1c1nc(-c2ccc(C(C)C)cc2)no1. The van der Waals surface area contributed by atoms with E-state index >= 15 is 0 Å². The zero-order valence-corrected chi connectivity index (χ0v) is 13.0. The lowest BCUT2D eigenvalue weighted by Gasteiger charge is -2.14. The van der Waals surface area contributed by atoms with Gasteiger partial charge in [-0.3, -0.25) is 0 Å². The average molecular weight is 285 g/mol. The summed E-state index contributed by atoms with van der Waals surface area (Å²) in [7, 11) is 2.00. The predicted molar refractivity (Wildman–Crippen MR) is 83.3 cm³/mol. The average Bonchev–Trinajstić information content (AvgIpc) is 3.15. The smallest absolute Gasteiger partial charge is 0.231 e. The molecule has 4 heteroatoms. The van der Waals surface area contributed by atoms with Gasteiger partial charge in [0.15, 0.2) is 0 Å². The maximum absolute atomic E-state index is 5.51. The summed E-state index contributed by atoms with van der Waals surface area (Å²) in [5.41, 5.74) is 2.35. The number of hydrogen-bond donors (Lipinski definition) is 1. The van der Waals surface area contributed by atoms with E-state index in [1.165, 1.54) is 18.4 Å². The van der Waals surface area contributed by atoms with Gasteiger partial charge in [0.05, 0.1) is 5.92 Å². The number of nitrogens with zero attached hydrogens (tertiary/aromatic N) is 2. The molecule has 1 saturated carbocycles. The molecule has 0 aliphatic heterocycles. The van der Waals surface area contributed by atoms with Gasteiger partial charge in [-0.2, -0.15) is 4.98 Å². The van der Waals surface area contributed by atoms with Crippen LogP contribution in [0.1, 0.15) is 56.4 Å². The Morgan fingerprint density at radius 3 is 2.62 bits per heavy atom. The fourth-order valence-electron chi connectivity index (χ4n) is 3.12. The molecule has 4 nitrogen and oxygen atoms in total. The van der Waals surface area contributed by atoms with Crippen LogP contribution in [-0.4, -0.2) is 23.2 Å². The standard InChI is InChI=1S/C17H23N3O/c1-11(2)12-7-9-13(10-8-12)16-19-17(21-20-16)14-5-4-6-15(14)18-3/h7-11,14-15,18H,4-6H2,1-3H3. The largest absolute Gasteiger partial charge is 0.339 e. The summed E-state index contributed by atoms with van der Waals surface area (Å²) in [5, 5.41) is 7.51. The first-order chi connectivity index (χ1) is 10.2.